The Hall–Kier alpha value is -1.12. The molecular formula is C17H30O3. The van der Waals surface area contributed by atoms with Gasteiger partial charge in [0.25, 0.3) is 0 Å². The molecule has 0 aliphatic heterocycles. The van der Waals surface area contributed by atoms with Crippen LogP contribution < -0.4 is 0 Å². The summed E-state index contributed by atoms with van der Waals surface area (Å²) in [5, 5.41) is 8.49. The van der Waals surface area contributed by atoms with Crippen molar-refractivity contribution in [1.29, 1.82) is 0 Å². The summed E-state index contributed by atoms with van der Waals surface area (Å²) in [6.07, 6.45) is 16.5. The topological polar surface area (TPSA) is 54.4 Å². The molecule has 0 bridgehead atoms. The smallest absolute Gasteiger partial charge is 0.303 e. The zero-order valence-electron chi connectivity index (χ0n) is 12.9. The Bertz CT molecular complexity index is 282. The molecule has 0 fully saturated rings. The molecule has 3 heteroatoms. The Kier molecular flexibility index (Phi) is 13.5. The largest absolute Gasteiger partial charge is 0.481 e. The summed E-state index contributed by atoms with van der Waals surface area (Å²) < 4.78 is 0. The van der Waals surface area contributed by atoms with Gasteiger partial charge in [0.2, 0.25) is 0 Å². The number of Topliss-reactive ketones (excluding diaryl/α,β-unsaturated/α-hetero) is 1. The lowest BCUT2D eigenvalue weighted by Gasteiger charge is -1.98. The van der Waals surface area contributed by atoms with E-state index in [4.69, 9.17) is 5.11 Å². The molecule has 0 heterocycles. The third-order valence-corrected chi connectivity index (χ3v) is 3.33. The van der Waals surface area contributed by atoms with Crippen molar-refractivity contribution >= 4 is 11.8 Å². The normalized spacial score (nSPS) is 11.1. The van der Waals surface area contributed by atoms with E-state index in [0.29, 0.717) is 12.2 Å². The summed E-state index contributed by atoms with van der Waals surface area (Å²) in [6, 6.07) is 0. The molecule has 116 valence electrons. The number of ketones is 1. The number of unbranched alkanes of at least 4 members (excludes halogenated alkanes) is 8. The number of aliphatic carboxylic acids is 1. The first-order valence-corrected chi connectivity index (χ1v) is 7.99. The summed E-state index contributed by atoms with van der Waals surface area (Å²) >= 11 is 0. The number of rotatable bonds is 14. The molecule has 0 spiro atoms. The van der Waals surface area contributed by atoms with E-state index < -0.39 is 5.97 Å². The SMILES string of the molecule is CC(=O)CCCCC/C=C/CCCCCCCC(=O)O. The fraction of sp³-hybridized carbons (Fsp3) is 0.765. The minimum absolute atomic E-state index is 0.295. The van der Waals surface area contributed by atoms with Gasteiger partial charge in [-0.3, -0.25) is 4.79 Å². The predicted octanol–water partition coefficient (Wildman–Crippen LogP) is 4.90. The van der Waals surface area contributed by atoms with Gasteiger partial charge in [0.15, 0.2) is 0 Å². The fourth-order valence-corrected chi connectivity index (χ4v) is 2.12. The van der Waals surface area contributed by atoms with Gasteiger partial charge in [0.1, 0.15) is 5.78 Å². The average Bonchev–Trinajstić information content (AvgIpc) is 2.38. The third kappa shape index (κ3) is 16.9. The van der Waals surface area contributed by atoms with E-state index in [9.17, 15) is 9.59 Å². The van der Waals surface area contributed by atoms with E-state index >= 15 is 0 Å². The van der Waals surface area contributed by atoms with Gasteiger partial charge in [-0.1, -0.05) is 37.8 Å². The van der Waals surface area contributed by atoms with Crippen LogP contribution >= 0.6 is 0 Å². The lowest BCUT2D eigenvalue weighted by atomic mass is 10.1. The van der Waals surface area contributed by atoms with Gasteiger partial charge >= 0.3 is 5.97 Å². The summed E-state index contributed by atoms with van der Waals surface area (Å²) in [5.41, 5.74) is 0. The quantitative estimate of drug-likeness (QED) is 0.364. The van der Waals surface area contributed by atoms with Crippen LogP contribution in [0.1, 0.15) is 84.0 Å². The van der Waals surface area contributed by atoms with Crippen molar-refractivity contribution in [2.45, 2.75) is 84.0 Å². The van der Waals surface area contributed by atoms with Crippen LogP contribution in [0.15, 0.2) is 12.2 Å². The molecule has 0 aromatic carbocycles. The van der Waals surface area contributed by atoms with Crippen LogP contribution in [0.25, 0.3) is 0 Å². The molecule has 0 unspecified atom stereocenters. The molecular weight excluding hydrogens is 252 g/mol. The number of hydrogen-bond donors (Lipinski definition) is 1. The van der Waals surface area contributed by atoms with Crippen molar-refractivity contribution in [3.63, 3.8) is 0 Å². The molecule has 0 aliphatic carbocycles. The highest BCUT2D eigenvalue weighted by Crippen LogP contribution is 2.08. The maximum absolute atomic E-state index is 10.7. The van der Waals surface area contributed by atoms with Crippen molar-refractivity contribution < 1.29 is 14.7 Å². The molecule has 0 saturated heterocycles. The Labute approximate surface area is 123 Å². The fourth-order valence-electron chi connectivity index (χ4n) is 2.12. The highest BCUT2D eigenvalue weighted by atomic mass is 16.4. The second kappa shape index (κ2) is 14.3. The second-order valence-electron chi connectivity index (χ2n) is 5.47. The number of carbonyl (C=O) groups excluding carboxylic acids is 1. The van der Waals surface area contributed by atoms with Gasteiger partial charge in [-0.2, -0.15) is 0 Å². The van der Waals surface area contributed by atoms with Gasteiger partial charge < -0.3 is 9.90 Å². The molecule has 20 heavy (non-hydrogen) atoms. The molecule has 0 aromatic heterocycles. The van der Waals surface area contributed by atoms with Crippen molar-refractivity contribution in [2.24, 2.45) is 0 Å². The van der Waals surface area contributed by atoms with Crippen LogP contribution in [-0.4, -0.2) is 16.9 Å². The van der Waals surface area contributed by atoms with Gasteiger partial charge in [-0.25, -0.2) is 0 Å². The standard InChI is InChI=1S/C17H30O3/c1-16(18)14-12-10-8-6-4-2-3-5-7-9-11-13-15-17(19)20/h2,4H,3,5-15H2,1H3,(H,19,20)/b4-2+. The molecule has 0 aromatic rings. The van der Waals surface area contributed by atoms with Crippen molar-refractivity contribution in [2.75, 3.05) is 0 Å². The first-order chi connectivity index (χ1) is 9.63. The Morgan fingerprint density at radius 1 is 0.750 bits per heavy atom. The minimum atomic E-state index is -0.684. The molecule has 0 atom stereocenters. The van der Waals surface area contributed by atoms with Gasteiger partial charge in [-0.15, -0.1) is 0 Å². The second-order valence-corrected chi connectivity index (χ2v) is 5.47. The highest BCUT2D eigenvalue weighted by molar-refractivity contribution is 5.75. The maximum Gasteiger partial charge on any atom is 0.303 e. The number of carboxylic acids is 1. The van der Waals surface area contributed by atoms with E-state index in [-0.39, 0.29) is 0 Å². The van der Waals surface area contributed by atoms with E-state index in [1.165, 1.54) is 19.3 Å². The minimum Gasteiger partial charge on any atom is -0.481 e. The number of allylic oxidation sites excluding steroid dienone is 2. The van der Waals surface area contributed by atoms with E-state index in [0.717, 1.165) is 51.4 Å². The molecule has 0 rings (SSSR count). The Morgan fingerprint density at radius 3 is 1.75 bits per heavy atom. The van der Waals surface area contributed by atoms with Crippen LogP contribution in [0.2, 0.25) is 0 Å². The molecule has 0 amide bonds. The predicted molar refractivity (Wildman–Crippen MR) is 82.9 cm³/mol. The Balaban J connectivity index is 3.12. The summed E-state index contributed by atoms with van der Waals surface area (Å²) in [5.74, 6) is -0.389. The van der Waals surface area contributed by atoms with E-state index in [2.05, 4.69) is 12.2 Å². The van der Waals surface area contributed by atoms with Crippen molar-refractivity contribution in [3.8, 4) is 0 Å². The molecule has 3 nitrogen and oxygen atoms in total. The molecule has 0 radical (unpaired) electrons. The zero-order valence-corrected chi connectivity index (χ0v) is 12.9. The molecule has 0 aliphatic rings. The summed E-state index contributed by atoms with van der Waals surface area (Å²) in [6.45, 7) is 1.65. The first kappa shape index (κ1) is 18.9. The van der Waals surface area contributed by atoms with Crippen LogP contribution in [0.5, 0.6) is 0 Å². The number of carboxylic acid groups (broad SMARTS) is 1. The summed E-state index contributed by atoms with van der Waals surface area (Å²) in [4.78, 5) is 21.0. The van der Waals surface area contributed by atoms with Gasteiger partial charge in [0.05, 0.1) is 0 Å². The zero-order chi connectivity index (χ0) is 15.1. The van der Waals surface area contributed by atoms with Crippen molar-refractivity contribution in [3.05, 3.63) is 12.2 Å². The molecule has 1 N–H and O–H groups in total. The van der Waals surface area contributed by atoms with Crippen LogP contribution in [-0.2, 0) is 9.59 Å². The lowest BCUT2D eigenvalue weighted by Crippen LogP contribution is -1.93. The van der Waals surface area contributed by atoms with Crippen LogP contribution in [0, 0.1) is 0 Å². The highest BCUT2D eigenvalue weighted by Gasteiger charge is 1.96. The third-order valence-electron chi connectivity index (χ3n) is 3.33. The number of hydrogen-bond acceptors (Lipinski definition) is 2. The van der Waals surface area contributed by atoms with Crippen LogP contribution in [0.3, 0.4) is 0 Å². The summed E-state index contributed by atoms with van der Waals surface area (Å²) in [7, 11) is 0. The first-order valence-electron chi connectivity index (χ1n) is 7.99. The van der Waals surface area contributed by atoms with Gasteiger partial charge in [0, 0.05) is 12.8 Å². The monoisotopic (exact) mass is 282 g/mol. The number of carbonyl (C=O) groups is 2. The lowest BCUT2D eigenvalue weighted by molar-refractivity contribution is -0.137. The average molecular weight is 282 g/mol. The molecule has 0 saturated carbocycles. The van der Waals surface area contributed by atoms with Crippen LogP contribution in [0.4, 0.5) is 0 Å². The Morgan fingerprint density at radius 2 is 1.20 bits per heavy atom. The van der Waals surface area contributed by atoms with Crippen molar-refractivity contribution in [1.82, 2.24) is 0 Å². The maximum atomic E-state index is 10.7. The van der Waals surface area contributed by atoms with Gasteiger partial charge in [-0.05, 0) is 45.4 Å². The van der Waals surface area contributed by atoms with E-state index in [1.807, 2.05) is 0 Å². The van der Waals surface area contributed by atoms with E-state index in [1.54, 1.807) is 6.92 Å².